The number of aromatic nitrogens is 3. The van der Waals surface area contributed by atoms with E-state index in [0.29, 0.717) is 37.6 Å². The van der Waals surface area contributed by atoms with Crippen LogP contribution >= 0.6 is 0 Å². The lowest BCUT2D eigenvalue weighted by Crippen LogP contribution is -2.39. The van der Waals surface area contributed by atoms with E-state index < -0.39 is 6.16 Å². The Balaban J connectivity index is 1.31. The van der Waals surface area contributed by atoms with Crippen LogP contribution in [0.15, 0.2) is 78.9 Å². The van der Waals surface area contributed by atoms with E-state index in [1.54, 1.807) is 12.1 Å². The molecule has 5 rings (SSSR count). The number of nitrogens with zero attached hydrogens (tertiary/aromatic N) is 4. The minimum Gasteiger partial charge on any atom is -0.431 e. The van der Waals surface area contributed by atoms with Crippen molar-refractivity contribution in [1.29, 1.82) is 0 Å². The Hall–Kier alpha value is -4.26. The average molecular weight is 481 g/mol. The first-order chi connectivity index (χ1) is 17.5. The lowest BCUT2D eigenvalue weighted by molar-refractivity contribution is 0.0475. The molecule has 2 heterocycles. The van der Waals surface area contributed by atoms with Gasteiger partial charge < -0.3 is 14.4 Å². The zero-order valence-electron chi connectivity index (χ0n) is 20.4. The van der Waals surface area contributed by atoms with Gasteiger partial charge in [0.05, 0.1) is 0 Å². The van der Waals surface area contributed by atoms with Crippen LogP contribution in [0.25, 0.3) is 22.5 Å². The van der Waals surface area contributed by atoms with Crippen LogP contribution in [-0.2, 0) is 4.74 Å². The Labute approximate surface area is 210 Å². The largest absolute Gasteiger partial charge is 0.514 e. The van der Waals surface area contributed by atoms with E-state index in [1.165, 1.54) is 11.1 Å². The summed E-state index contributed by atoms with van der Waals surface area (Å²) in [5.74, 6) is 1.04. The van der Waals surface area contributed by atoms with Gasteiger partial charge in [-0.1, -0.05) is 77.9 Å². The number of hydrogen-bond donors (Lipinski definition) is 0. The molecule has 7 heteroatoms. The molecule has 0 saturated carbocycles. The van der Waals surface area contributed by atoms with Crippen molar-refractivity contribution in [3.63, 3.8) is 0 Å². The zero-order valence-corrected chi connectivity index (χ0v) is 20.4. The number of carbonyl (C=O) groups is 1. The summed E-state index contributed by atoms with van der Waals surface area (Å²) in [6.45, 7) is 5.44. The highest BCUT2D eigenvalue weighted by atomic mass is 16.7. The van der Waals surface area contributed by atoms with E-state index in [0.717, 1.165) is 22.5 Å². The summed E-state index contributed by atoms with van der Waals surface area (Å²) in [5.41, 5.74) is 5.90. The molecule has 0 spiro atoms. The minimum absolute atomic E-state index is 0.214. The monoisotopic (exact) mass is 480 g/mol. The van der Waals surface area contributed by atoms with Crippen molar-refractivity contribution in [1.82, 2.24) is 15.2 Å². The van der Waals surface area contributed by atoms with Crippen LogP contribution < -0.4 is 9.64 Å². The Morgan fingerprint density at radius 2 is 1.36 bits per heavy atom. The van der Waals surface area contributed by atoms with Gasteiger partial charge in [0, 0.05) is 37.1 Å². The van der Waals surface area contributed by atoms with Crippen molar-refractivity contribution in [3.05, 3.63) is 90.0 Å². The number of benzene rings is 3. The molecule has 1 saturated heterocycles. The van der Waals surface area contributed by atoms with E-state index in [4.69, 9.17) is 14.5 Å². The van der Waals surface area contributed by atoms with Gasteiger partial charge in [0.15, 0.2) is 0 Å². The van der Waals surface area contributed by atoms with Crippen LogP contribution in [0, 0.1) is 13.8 Å². The number of rotatable bonds is 5. The summed E-state index contributed by atoms with van der Waals surface area (Å²) >= 11 is 0. The lowest BCUT2D eigenvalue weighted by Gasteiger charge is -2.31. The predicted molar refractivity (Wildman–Crippen MR) is 139 cm³/mol. The third-order valence-corrected chi connectivity index (χ3v) is 6.26. The van der Waals surface area contributed by atoms with Crippen LogP contribution in [-0.4, -0.2) is 40.5 Å². The first kappa shape index (κ1) is 23.5. The molecule has 0 unspecified atom stereocenters. The molecule has 4 aromatic rings. The molecule has 0 radical (unpaired) electrons. The highest BCUT2D eigenvalue weighted by Gasteiger charge is 2.26. The molecule has 0 N–H and O–H groups in total. The lowest BCUT2D eigenvalue weighted by atomic mass is 10.0. The van der Waals surface area contributed by atoms with Crippen molar-refractivity contribution in [2.75, 3.05) is 18.0 Å². The van der Waals surface area contributed by atoms with Gasteiger partial charge in [-0.25, -0.2) is 9.78 Å². The van der Waals surface area contributed by atoms with Crippen molar-refractivity contribution < 1.29 is 14.3 Å². The number of ether oxygens (including phenoxy) is 2. The number of aryl methyl sites for hydroxylation is 2. The van der Waals surface area contributed by atoms with E-state index >= 15 is 0 Å². The van der Waals surface area contributed by atoms with Crippen LogP contribution in [0.5, 0.6) is 5.75 Å². The number of hydrogen-bond acceptors (Lipinski definition) is 7. The molecule has 1 aliphatic rings. The maximum Gasteiger partial charge on any atom is 0.514 e. The van der Waals surface area contributed by atoms with Crippen LogP contribution in [0.3, 0.4) is 0 Å². The van der Waals surface area contributed by atoms with Gasteiger partial charge in [0.1, 0.15) is 23.2 Å². The Morgan fingerprint density at radius 1 is 0.778 bits per heavy atom. The molecule has 1 aromatic heterocycles. The van der Waals surface area contributed by atoms with Gasteiger partial charge in [-0.2, -0.15) is 0 Å². The minimum atomic E-state index is -0.679. The first-order valence-electron chi connectivity index (χ1n) is 12.1. The van der Waals surface area contributed by atoms with Crippen LogP contribution in [0.4, 0.5) is 10.7 Å². The third-order valence-electron chi connectivity index (χ3n) is 6.26. The summed E-state index contributed by atoms with van der Waals surface area (Å²) in [6.07, 6.45) is 0.426. The van der Waals surface area contributed by atoms with E-state index in [9.17, 15) is 4.79 Å². The fourth-order valence-electron chi connectivity index (χ4n) is 4.19. The van der Waals surface area contributed by atoms with Crippen molar-refractivity contribution in [2.45, 2.75) is 32.8 Å². The fourth-order valence-corrected chi connectivity index (χ4v) is 4.19. The van der Waals surface area contributed by atoms with Gasteiger partial charge >= 0.3 is 6.16 Å². The molecule has 3 aromatic carbocycles. The SMILES string of the molecule is Cc1ccc(-c2nnc(N3CCC(OC(=O)Oc4ccccc4)CC3)nc2-c2ccc(C)cc2)cc1. The van der Waals surface area contributed by atoms with Gasteiger partial charge in [0.2, 0.25) is 5.95 Å². The molecule has 36 heavy (non-hydrogen) atoms. The molecular weight excluding hydrogens is 452 g/mol. The van der Waals surface area contributed by atoms with Crippen molar-refractivity contribution in [2.24, 2.45) is 0 Å². The molecule has 0 bridgehead atoms. The normalized spacial score (nSPS) is 13.9. The summed E-state index contributed by atoms with van der Waals surface area (Å²) < 4.78 is 10.8. The topological polar surface area (TPSA) is 77.4 Å². The third kappa shape index (κ3) is 5.51. The second-order valence-corrected chi connectivity index (χ2v) is 9.01. The summed E-state index contributed by atoms with van der Waals surface area (Å²) in [6, 6.07) is 25.5. The van der Waals surface area contributed by atoms with Gasteiger partial charge in [0.25, 0.3) is 0 Å². The maximum absolute atomic E-state index is 12.2. The summed E-state index contributed by atoms with van der Waals surface area (Å²) in [7, 11) is 0. The van der Waals surface area contributed by atoms with E-state index in [1.807, 2.05) is 18.2 Å². The zero-order chi connectivity index (χ0) is 24.9. The Kier molecular flexibility index (Phi) is 6.89. The average Bonchev–Trinajstić information content (AvgIpc) is 2.90. The molecule has 182 valence electrons. The maximum atomic E-state index is 12.2. The van der Waals surface area contributed by atoms with Crippen LogP contribution in [0.1, 0.15) is 24.0 Å². The second-order valence-electron chi connectivity index (χ2n) is 9.01. The van der Waals surface area contributed by atoms with E-state index in [-0.39, 0.29) is 6.10 Å². The molecule has 1 aliphatic heterocycles. The molecule has 1 fully saturated rings. The molecule has 7 nitrogen and oxygen atoms in total. The standard InChI is InChI=1S/C29H28N4O3/c1-20-8-12-22(13-9-20)26-27(23-14-10-21(2)11-15-23)31-32-28(30-26)33-18-16-25(17-19-33)36-29(34)35-24-6-4-3-5-7-24/h3-15,25H,16-19H2,1-2H3. The molecule has 0 atom stereocenters. The Morgan fingerprint density at radius 3 is 1.97 bits per heavy atom. The Bertz CT molecular complexity index is 1320. The molecular formula is C29H28N4O3. The highest BCUT2D eigenvalue weighted by Crippen LogP contribution is 2.31. The number of carbonyl (C=O) groups excluding carboxylic acids is 1. The van der Waals surface area contributed by atoms with Gasteiger partial charge in [-0.15, -0.1) is 10.2 Å². The smallest absolute Gasteiger partial charge is 0.431 e. The molecule has 0 aliphatic carbocycles. The second kappa shape index (κ2) is 10.6. The summed E-state index contributed by atoms with van der Waals surface area (Å²) in [4.78, 5) is 19.2. The van der Waals surface area contributed by atoms with Crippen molar-refractivity contribution >= 4 is 12.1 Å². The predicted octanol–water partition coefficient (Wildman–Crippen LogP) is 6.01. The fraction of sp³-hybridized carbons (Fsp3) is 0.241. The highest BCUT2D eigenvalue weighted by molar-refractivity contribution is 5.78. The van der Waals surface area contributed by atoms with Crippen LogP contribution in [0.2, 0.25) is 0 Å². The number of anilines is 1. The molecule has 0 amide bonds. The first-order valence-corrected chi connectivity index (χ1v) is 12.1. The van der Waals surface area contributed by atoms with Gasteiger partial charge in [-0.05, 0) is 26.0 Å². The number of para-hydroxylation sites is 1. The van der Waals surface area contributed by atoms with Crippen molar-refractivity contribution in [3.8, 4) is 28.3 Å². The van der Waals surface area contributed by atoms with E-state index in [2.05, 4.69) is 77.5 Å². The van der Waals surface area contributed by atoms with Gasteiger partial charge in [-0.3, -0.25) is 0 Å². The quantitative estimate of drug-likeness (QED) is 0.256. The number of piperidine rings is 1. The summed E-state index contributed by atoms with van der Waals surface area (Å²) in [5, 5.41) is 9.09.